The van der Waals surface area contributed by atoms with Crippen LogP contribution in [-0.2, 0) is 10.0 Å². The van der Waals surface area contributed by atoms with Gasteiger partial charge >= 0.3 is 6.03 Å². The summed E-state index contributed by atoms with van der Waals surface area (Å²) in [6, 6.07) is 8.11. The van der Waals surface area contributed by atoms with E-state index in [-0.39, 0.29) is 22.4 Å². The van der Waals surface area contributed by atoms with Crippen molar-refractivity contribution in [2.75, 3.05) is 58.0 Å². The molecule has 1 saturated carbocycles. The SMILES string of the molecule is C#Cc1cc(N2C(=O)N(C)CC23CCCC3)nc2nc(Nc3ccc(S(=O)(=O)N(C)CCN(C)C)cc3)ncc12. The minimum atomic E-state index is -3.61. The zero-order chi connectivity index (χ0) is 28.7. The van der Waals surface area contributed by atoms with Gasteiger partial charge in [-0.05, 0) is 57.3 Å². The number of aromatic nitrogens is 3. The Balaban J connectivity index is 1.42. The standard InChI is InChI=1S/C28H34N8O3S/c1-6-20-17-24(36-27(37)34(4)19-28(36)13-7-8-14-28)31-25-23(20)18-29-26(32-25)30-21-9-11-22(12-10-21)40(38,39)35(5)16-15-33(2)3/h1,9-12,17-18H,7-8,13-16,19H2,2-5H3,(H,29,30,31,32). The predicted molar refractivity (Wildman–Crippen MR) is 155 cm³/mol. The zero-order valence-corrected chi connectivity index (χ0v) is 24.1. The third-order valence-electron chi connectivity index (χ3n) is 7.68. The van der Waals surface area contributed by atoms with Crippen LogP contribution < -0.4 is 10.2 Å². The van der Waals surface area contributed by atoms with Gasteiger partial charge in [0.15, 0.2) is 5.65 Å². The number of anilines is 3. The highest BCUT2D eigenvalue weighted by atomic mass is 32.2. The fourth-order valence-corrected chi connectivity index (χ4v) is 6.64. The van der Waals surface area contributed by atoms with Crippen molar-refractivity contribution in [1.29, 1.82) is 0 Å². The zero-order valence-electron chi connectivity index (χ0n) is 23.3. The van der Waals surface area contributed by atoms with Crippen molar-refractivity contribution in [2.45, 2.75) is 36.1 Å². The lowest BCUT2D eigenvalue weighted by Crippen LogP contribution is -2.45. The molecule has 1 saturated heterocycles. The normalized spacial score (nSPS) is 17.0. The van der Waals surface area contributed by atoms with Gasteiger partial charge < -0.3 is 15.1 Å². The Bertz CT molecular complexity index is 1580. The second kappa shape index (κ2) is 10.6. The van der Waals surface area contributed by atoms with Gasteiger partial charge in [0.1, 0.15) is 5.82 Å². The van der Waals surface area contributed by atoms with Crippen molar-refractivity contribution in [3.63, 3.8) is 0 Å². The number of urea groups is 1. The summed E-state index contributed by atoms with van der Waals surface area (Å²) in [5, 5.41) is 3.73. The lowest BCUT2D eigenvalue weighted by Gasteiger charge is -2.32. The Morgan fingerprint density at radius 2 is 1.80 bits per heavy atom. The lowest BCUT2D eigenvalue weighted by molar-refractivity contribution is 0.229. The van der Waals surface area contributed by atoms with Crippen LogP contribution >= 0.6 is 0 Å². The quantitative estimate of drug-likeness (QED) is 0.417. The first-order valence-electron chi connectivity index (χ1n) is 13.2. The Labute approximate surface area is 235 Å². The number of nitrogens with one attached hydrogen (secondary N) is 1. The number of terminal acetylenes is 1. The van der Waals surface area contributed by atoms with Gasteiger partial charge in [0.05, 0.1) is 15.8 Å². The summed E-state index contributed by atoms with van der Waals surface area (Å²) in [6.07, 6.45) is 11.4. The van der Waals surface area contributed by atoms with Crippen LogP contribution in [0.1, 0.15) is 31.2 Å². The number of carbonyl (C=O) groups is 1. The summed E-state index contributed by atoms with van der Waals surface area (Å²) in [7, 11) is 3.57. The third-order valence-corrected chi connectivity index (χ3v) is 9.55. The second-order valence-corrected chi connectivity index (χ2v) is 12.8. The fourth-order valence-electron chi connectivity index (χ4n) is 5.48. The number of sulfonamides is 1. The third kappa shape index (κ3) is 5.08. The number of hydrogen-bond donors (Lipinski definition) is 1. The maximum atomic E-state index is 13.2. The molecule has 40 heavy (non-hydrogen) atoms. The summed E-state index contributed by atoms with van der Waals surface area (Å²) in [6.45, 7) is 1.66. The fraction of sp³-hybridized carbons (Fsp3) is 0.429. The first kappa shape index (κ1) is 27.8. The summed E-state index contributed by atoms with van der Waals surface area (Å²) in [5.74, 6) is 3.47. The molecule has 3 aromatic rings. The first-order valence-corrected chi connectivity index (χ1v) is 14.7. The van der Waals surface area contributed by atoms with Gasteiger partial charge in [-0.1, -0.05) is 18.8 Å². The molecule has 12 heteroatoms. The number of rotatable bonds is 8. The number of nitrogens with zero attached hydrogens (tertiary/aromatic N) is 7. The molecule has 1 aliphatic carbocycles. The highest BCUT2D eigenvalue weighted by molar-refractivity contribution is 7.89. The van der Waals surface area contributed by atoms with Crippen LogP contribution in [-0.4, -0.2) is 96.9 Å². The highest BCUT2D eigenvalue weighted by Gasteiger charge is 2.51. The number of hydrogen-bond acceptors (Lipinski definition) is 8. The average Bonchev–Trinajstić information content (AvgIpc) is 3.49. The molecule has 0 bridgehead atoms. The highest BCUT2D eigenvalue weighted by Crippen LogP contribution is 2.43. The Morgan fingerprint density at radius 3 is 2.45 bits per heavy atom. The number of pyridine rings is 1. The van der Waals surface area contributed by atoms with E-state index in [2.05, 4.69) is 21.2 Å². The van der Waals surface area contributed by atoms with E-state index >= 15 is 0 Å². The molecule has 0 unspecified atom stereocenters. The summed E-state index contributed by atoms with van der Waals surface area (Å²) >= 11 is 0. The number of amides is 2. The molecule has 1 N–H and O–H groups in total. The van der Waals surface area contributed by atoms with E-state index in [4.69, 9.17) is 11.4 Å². The van der Waals surface area contributed by atoms with E-state index < -0.39 is 10.0 Å². The molecule has 2 aromatic heterocycles. The van der Waals surface area contributed by atoms with Crippen LogP contribution in [0.3, 0.4) is 0 Å². The molecule has 0 radical (unpaired) electrons. The largest absolute Gasteiger partial charge is 0.326 e. The molecule has 2 aliphatic rings. The number of likely N-dealkylation sites (N-methyl/N-ethyl adjacent to an activating group) is 3. The minimum absolute atomic E-state index is 0.0912. The van der Waals surface area contributed by atoms with E-state index in [1.165, 1.54) is 4.31 Å². The molecular formula is C28H34N8O3S. The van der Waals surface area contributed by atoms with Crippen molar-refractivity contribution in [3.05, 3.63) is 42.1 Å². The molecule has 5 rings (SSSR count). The van der Waals surface area contributed by atoms with E-state index in [0.717, 1.165) is 25.7 Å². The minimum Gasteiger partial charge on any atom is -0.325 e. The summed E-state index contributed by atoms with van der Waals surface area (Å²) in [5.41, 5.74) is 1.27. The van der Waals surface area contributed by atoms with Crippen LogP contribution in [0.4, 0.5) is 22.2 Å². The number of fused-ring (bicyclic) bond motifs is 1. The smallest absolute Gasteiger partial charge is 0.325 e. The van der Waals surface area contributed by atoms with Crippen molar-refractivity contribution in [1.82, 2.24) is 29.1 Å². The van der Waals surface area contributed by atoms with Gasteiger partial charge in [-0.2, -0.15) is 9.29 Å². The van der Waals surface area contributed by atoms with Gasteiger partial charge in [-0.3, -0.25) is 4.90 Å². The van der Waals surface area contributed by atoms with E-state index in [1.807, 2.05) is 26.0 Å². The molecule has 0 atom stereocenters. The van der Waals surface area contributed by atoms with Crippen LogP contribution in [0.15, 0.2) is 41.4 Å². The number of carbonyl (C=O) groups excluding carboxylic acids is 1. The monoisotopic (exact) mass is 562 g/mol. The predicted octanol–water partition coefficient (Wildman–Crippen LogP) is 3.12. The van der Waals surface area contributed by atoms with Crippen molar-refractivity contribution in [3.8, 4) is 12.3 Å². The van der Waals surface area contributed by atoms with Gasteiger partial charge in [0.2, 0.25) is 16.0 Å². The van der Waals surface area contributed by atoms with Crippen molar-refractivity contribution >= 4 is 44.5 Å². The molecule has 2 fully saturated rings. The van der Waals surface area contributed by atoms with E-state index in [1.54, 1.807) is 53.4 Å². The topological polar surface area (TPSA) is 115 Å². The van der Waals surface area contributed by atoms with Crippen LogP contribution in [0.25, 0.3) is 11.0 Å². The van der Waals surface area contributed by atoms with Gasteiger partial charge in [0.25, 0.3) is 0 Å². The molecule has 1 aromatic carbocycles. The van der Waals surface area contributed by atoms with Crippen molar-refractivity contribution in [2.24, 2.45) is 0 Å². The maximum Gasteiger partial charge on any atom is 0.326 e. The van der Waals surface area contributed by atoms with Crippen LogP contribution in [0, 0.1) is 12.3 Å². The molecule has 210 valence electrons. The first-order chi connectivity index (χ1) is 19.0. The van der Waals surface area contributed by atoms with E-state index in [9.17, 15) is 13.2 Å². The Morgan fingerprint density at radius 1 is 1.10 bits per heavy atom. The van der Waals surface area contributed by atoms with Gasteiger partial charge in [-0.15, -0.1) is 6.42 Å². The number of benzene rings is 1. The average molecular weight is 563 g/mol. The second-order valence-electron chi connectivity index (χ2n) is 10.8. The van der Waals surface area contributed by atoms with Gasteiger partial charge in [-0.25, -0.2) is 23.2 Å². The Kier molecular flexibility index (Phi) is 7.39. The molecule has 1 aliphatic heterocycles. The Hall–Kier alpha value is -3.79. The van der Waals surface area contributed by atoms with Crippen LogP contribution in [0.5, 0.6) is 0 Å². The lowest BCUT2D eigenvalue weighted by atomic mass is 9.96. The summed E-state index contributed by atoms with van der Waals surface area (Å²) in [4.78, 5) is 32.6. The van der Waals surface area contributed by atoms with Gasteiger partial charge in [0, 0.05) is 51.2 Å². The molecule has 1 spiro atoms. The van der Waals surface area contributed by atoms with Crippen molar-refractivity contribution < 1.29 is 13.2 Å². The van der Waals surface area contributed by atoms with Crippen LogP contribution in [0.2, 0.25) is 0 Å². The molecular weight excluding hydrogens is 528 g/mol. The summed E-state index contributed by atoms with van der Waals surface area (Å²) < 4.78 is 27.2. The van der Waals surface area contributed by atoms with E-state index in [0.29, 0.717) is 47.7 Å². The maximum absolute atomic E-state index is 13.2. The molecule has 3 heterocycles. The molecule has 11 nitrogen and oxygen atoms in total. The molecule has 2 amide bonds.